The number of aliphatic hydroxyl groups is 2. The van der Waals surface area contributed by atoms with Crippen molar-refractivity contribution in [1.29, 1.82) is 0 Å². The fourth-order valence-electron chi connectivity index (χ4n) is 10.4. The molecule has 0 radical (unpaired) electrons. The monoisotopic (exact) mass is 1070 g/mol. The third-order valence-electron chi connectivity index (χ3n) is 15.6. The zero-order valence-corrected chi connectivity index (χ0v) is 51.0. The number of unbranched alkanes of at least 4 members (excludes halogenated alkanes) is 44. The van der Waals surface area contributed by atoms with E-state index in [1.165, 1.54) is 270 Å². The van der Waals surface area contributed by atoms with Crippen LogP contribution >= 0.6 is 0 Å². The minimum Gasteiger partial charge on any atom is -0.466 e. The van der Waals surface area contributed by atoms with Gasteiger partial charge in [-0.3, -0.25) is 9.59 Å². The highest BCUT2D eigenvalue weighted by Crippen LogP contribution is 2.18. The highest BCUT2D eigenvalue weighted by molar-refractivity contribution is 5.76. The van der Waals surface area contributed by atoms with E-state index in [2.05, 4.69) is 67.8 Å². The molecule has 76 heavy (non-hydrogen) atoms. The molecule has 446 valence electrons. The molecule has 0 aliphatic carbocycles. The summed E-state index contributed by atoms with van der Waals surface area (Å²) in [4.78, 5) is 24.5. The highest BCUT2D eigenvalue weighted by atomic mass is 16.5. The van der Waals surface area contributed by atoms with Crippen molar-refractivity contribution < 1.29 is 24.5 Å². The highest BCUT2D eigenvalue weighted by Gasteiger charge is 2.20. The van der Waals surface area contributed by atoms with E-state index in [9.17, 15) is 19.8 Å². The topological polar surface area (TPSA) is 95.9 Å². The number of hydrogen-bond donors (Lipinski definition) is 3. The van der Waals surface area contributed by atoms with E-state index in [4.69, 9.17) is 4.74 Å². The van der Waals surface area contributed by atoms with Gasteiger partial charge in [0.25, 0.3) is 0 Å². The number of allylic oxidation sites excluding steroid dienone is 8. The van der Waals surface area contributed by atoms with Gasteiger partial charge in [0.2, 0.25) is 5.91 Å². The molecule has 0 bridgehead atoms. The van der Waals surface area contributed by atoms with Gasteiger partial charge in [0, 0.05) is 12.8 Å². The zero-order valence-electron chi connectivity index (χ0n) is 51.0. The van der Waals surface area contributed by atoms with Gasteiger partial charge in [0.1, 0.15) is 0 Å². The third-order valence-corrected chi connectivity index (χ3v) is 15.6. The predicted octanol–water partition coefficient (Wildman–Crippen LogP) is 21.7. The van der Waals surface area contributed by atoms with Gasteiger partial charge >= 0.3 is 5.97 Å². The van der Waals surface area contributed by atoms with Crippen LogP contribution in [0.1, 0.15) is 361 Å². The number of ether oxygens (including phenoxy) is 1. The molecule has 0 aromatic heterocycles. The Balaban J connectivity index is 3.35. The van der Waals surface area contributed by atoms with Crippen LogP contribution in [0.2, 0.25) is 0 Å². The van der Waals surface area contributed by atoms with Gasteiger partial charge < -0.3 is 20.3 Å². The van der Waals surface area contributed by atoms with Crippen molar-refractivity contribution in [2.24, 2.45) is 0 Å². The van der Waals surface area contributed by atoms with E-state index in [1.807, 2.05) is 0 Å². The normalized spacial score (nSPS) is 12.8. The molecule has 0 fully saturated rings. The molecular formula is C70H131NO5. The molecule has 0 heterocycles. The van der Waals surface area contributed by atoms with E-state index in [0.717, 1.165) is 57.8 Å². The quantitative estimate of drug-likeness (QED) is 0.0320. The summed E-state index contributed by atoms with van der Waals surface area (Å²) in [5.74, 6) is -0.0317. The maximum Gasteiger partial charge on any atom is 0.305 e. The second-order valence-electron chi connectivity index (χ2n) is 23.1. The van der Waals surface area contributed by atoms with Crippen molar-refractivity contribution in [3.8, 4) is 0 Å². The standard InChI is InChI=1S/C70H131NO5/c1-3-5-7-9-11-13-14-15-37-41-44-48-52-56-60-64-70(75)76-65-61-57-53-49-45-42-39-36-34-32-30-28-26-24-22-20-18-16-17-19-21-23-25-27-29-31-33-35-38-40-43-47-51-55-59-63-69(74)71-67(66-72)68(73)62-58-54-50-46-12-10-8-6-4-2/h11,13,15,18,20,24,26,37,67-68,72-73H,3-10,12,14,16-17,19,21-23,25,27-36,38-66H2,1-2H3,(H,71,74)/b13-11-,20-18-,26-24-,37-15-. The summed E-state index contributed by atoms with van der Waals surface area (Å²) in [6, 6.07) is -0.538. The van der Waals surface area contributed by atoms with Crippen molar-refractivity contribution >= 4 is 11.9 Å². The summed E-state index contributed by atoms with van der Waals surface area (Å²) in [5, 5.41) is 23.1. The molecule has 2 atom stereocenters. The fraction of sp³-hybridized carbons (Fsp3) is 0.857. The Morgan fingerprint density at radius 3 is 1.03 bits per heavy atom. The Morgan fingerprint density at radius 2 is 0.658 bits per heavy atom. The molecule has 0 aliphatic rings. The number of nitrogens with one attached hydrogen (secondary N) is 1. The molecule has 0 rings (SSSR count). The number of amides is 1. The predicted molar refractivity (Wildman–Crippen MR) is 333 cm³/mol. The minimum absolute atomic E-state index is 0.00254. The van der Waals surface area contributed by atoms with Crippen molar-refractivity contribution in [2.75, 3.05) is 13.2 Å². The number of carbonyl (C=O) groups is 2. The van der Waals surface area contributed by atoms with Crippen LogP contribution in [0.15, 0.2) is 48.6 Å². The zero-order chi connectivity index (χ0) is 55.0. The second kappa shape index (κ2) is 65.3. The summed E-state index contributed by atoms with van der Waals surface area (Å²) in [6.07, 6.45) is 84.6. The molecule has 0 spiro atoms. The van der Waals surface area contributed by atoms with E-state index in [0.29, 0.717) is 25.9 Å². The van der Waals surface area contributed by atoms with Gasteiger partial charge in [0.15, 0.2) is 0 Å². The van der Waals surface area contributed by atoms with Crippen LogP contribution < -0.4 is 5.32 Å². The summed E-state index contributed by atoms with van der Waals surface area (Å²) >= 11 is 0. The molecule has 6 heteroatoms. The average Bonchev–Trinajstić information content (AvgIpc) is 3.42. The van der Waals surface area contributed by atoms with Crippen molar-refractivity contribution in [3.63, 3.8) is 0 Å². The maximum absolute atomic E-state index is 12.4. The van der Waals surface area contributed by atoms with Crippen LogP contribution in [0.25, 0.3) is 0 Å². The first-order valence-electron chi connectivity index (χ1n) is 33.9. The van der Waals surface area contributed by atoms with Crippen LogP contribution in [0.3, 0.4) is 0 Å². The molecule has 3 N–H and O–H groups in total. The van der Waals surface area contributed by atoms with Gasteiger partial charge in [-0.25, -0.2) is 0 Å². The SMILES string of the molecule is CCCCC/C=C\C/C=C\CCCCCCCC(=O)OCCCCCCCCCCCCC/C=C\C/C=C\CCCCCCCCCCCCCCCCCCCC(=O)NC(CO)C(O)CCCCCCCCCCC. The molecule has 0 saturated heterocycles. The molecule has 1 amide bonds. The Kier molecular flexibility index (Phi) is 63.5. The average molecular weight is 1070 g/mol. The lowest BCUT2D eigenvalue weighted by Gasteiger charge is -2.22. The van der Waals surface area contributed by atoms with Crippen LogP contribution in [-0.4, -0.2) is 47.4 Å². The van der Waals surface area contributed by atoms with Crippen molar-refractivity contribution in [2.45, 2.75) is 373 Å². The van der Waals surface area contributed by atoms with E-state index in [1.54, 1.807) is 0 Å². The largest absolute Gasteiger partial charge is 0.466 e. The molecule has 0 aliphatic heterocycles. The number of esters is 1. The van der Waals surface area contributed by atoms with E-state index in [-0.39, 0.29) is 18.5 Å². The van der Waals surface area contributed by atoms with Gasteiger partial charge in [-0.2, -0.15) is 0 Å². The lowest BCUT2D eigenvalue weighted by Crippen LogP contribution is -2.45. The van der Waals surface area contributed by atoms with Crippen LogP contribution in [-0.2, 0) is 14.3 Å². The summed E-state index contributed by atoms with van der Waals surface area (Å²) in [7, 11) is 0. The molecule has 2 unspecified atom stereocenters. The molecular weight excluding hydrogens is 935 g/mol. The van der Waals surface area contributed by atoms with Gasteiger partial charge in [0.05, 0.1) is 25.4 Å². The van der Waals surface area contributed by atoms with Crippen molar-refractivity contribution in [1.82, 2.24) is 5.32 Å². The second-order valence-corrected chi connectivity index (χ2v) is 23.1. The Hall–Kier alpha value is -2.18. The smallest absolute Gasteiger partial charge is 0.305 e. The summed E-state index contributed by atoms with van der Waals surface area (Å²) in [5.41, 5.74) is 0. The summed E-state index contributed by atoms with van der Waals surface area (Å²) in [6.45, 7) is 4.91. The number of hydrogen-bond acceptors (Lipinski definition) is 5. The first kappa shape index (κ1) is 73.8. The first-order chi connectivity index (χ1) is 37.5. The lowest BCUT2D eigenvalue weighted by molar-refractivity contribution is -0.143. The van der Waals surface area contributed by atoms with Gasteiger partial charge in [-0.15, -0.1) is 0 Å². The molecule has 6 nitrogen and oxygen atoms in total. The lowest BCUT2D eigenvalue weighted by atomic mass is 10.0. The number of carbonyl (C=O) groups excluding carboxylic acids is 2. The summed E-state index contributed by atoms with van der Waals surface area (Å²) < 4.78 is 5.48. The third kappa shape index (κ3) is 61.0. The van der Waals surface area contributed by atoms with E-state index < -0.39 is 12.1 Å². The van der Waals surface area contributed by atoms with Gasteiger partial charge in [-0.1, -0.05) is 306 Å². The minimum atomic E-state index is -0.660. The molecule has 0 aromatic rings. The van der Waals surface area contributed by atoms with Crippen LogP contribution in [0.5, 0.6) is 0 Å². The van der Waals surface area contributed by atoms with Gasteiger partial charge in [-0.05, 0) is 89.9 Å². The number of aliphatic hydroxyl groups excluding tert-OH is 2. The Labute approximate surface area is 474 Å². The fourth-order valence-corrected chi connectivity index (χ4v) is 10.4. The van der Waals surface area contributed by atoms with Crippen LogP contribution in [0.4, 0.5) is 0 Å². The molecule has 0 saturated carbocycles. The van der Waals surface area contributed by atoms with E-state index >= 15 is 0 Å². The van der Waals surface area contributed by atoms with Crippen LogP contribution in [0, 0.1) is 0 Å². The maximum atomic E-state index is 12.4. The molecule has 0 aromatic carbocycles. The Morgan fingerprint density at radius 1 is 0.368 bits per heavy atom. The number of rotatable bonds is 63. The van der Waals surface area contributed by atoms with Crippen molar-refractivity contribution in [3.05, 3.63) is 48.6 Å². The Bertz CT molecular complexity index is 1270. The first-order valence-corrected chi connectivity index (χ1v) is 33.9.